The van der Waals surface area contributed by atoms with Crippen LogP contribution in [0.3, 0.4) is 0 Å². The molecule has 0 unspecified atom stereocenters. The highest BCUT2D eigenvalue weighted by molar-refractivity contribution is 5.91. The Bertz CT molecular complexity index is 551. The van der Waals surface area contributed by atoms with Gasteiger partial charge in [-0.3, -0.25) is 0 Å². The lowest BCUT2D eigenvalue weighted by atomic mass is 10.1. The summed E-state index contributed by atoms with van der Waals surface area (Å²) < 4.78 is 30.6. The van der Waals surface area contributed by atoms with Crippen LogP contribution >= 0.6 is 0 Å². The van der Waals surface area contributed by atoms with Crippen molar-refractivity contribution >= 4 is 5.97 Å². The van der Waals surface area contributed by atoms with Crippen molar-refractivity contribution in [2.24, 2.45) is 0 Å². The third-order valence-corrected chi connectivity index (χ3v) is 1.95. The van der Waals surface area contributed by atoms with Crippen molar-refractivity contribution in [3.8, 4) is 11.3 Å². The molecule has 0 spiro atoms. The lowest BCUT2D eigenvalue weighted by molar-refractivity contribution is 0.0663. The van der Waals surface area contributed by atoms with Gasteiger partial charge >= 0.3 is 5.97 Å². The Kier molecular flexibility index (Phi) is 2.40. The molecular weight excluding hydrogens is 220 g/mol. The number of benzene rings is 1. The van der Waals surface area contributed by atoms with Crippen molar-refractivity contribution in [2.45, 2.75) is 0 Å². The number of aromatic nitrogens is 1. The third-order valence-electron chi connectivity index (χ3n) is 1.95. The van der Waals surface area contributed by atoms with Crippen LogP contribution in [0, 0.1) is 11.6 Å². The lowest BCUT2D eigenvalue weighted by Crippen LogP contribution is -1.98. The zero-order valence-electron chi connectivity index (χ0n) is 7.78. The van der Waals surface area contributed by atoms with Crippen molar-refractivity contribution in [3.63, 3.8) is 0 Å². The molecule has 2 rings (SSSR count). The van der Waals surface area contributed by atoms with Crippen LogP contribution < -0.4 is 0 Å². The first-order valence-electron chi connectivity index (χ1n) is 4.22. The minimum Gasteiger partial charge on any atom is -0.475 e. The molecule has 1 heterocycles. The number of carboxylic acid groups (broad SMARTS) is 1. The summed E-state index contributed by atoms with van der Waals surface area (Å²) in [5.74, 6) is -3.49. The molecule has 0 amide bonds. The van der Waals surface area contributed by atoms with Crippen LogP contribution in [0.5, 0.6) is 0 Å². The van der Waals surface area contributed by atoms with Crippen molar-refractivity contribution < 1.29 is 23.1 Å². The van der Waals surface area contributed by atoms with E-state index in [-0.39, 0.29) is 11.3 Å². The molecule has 16 heavy (non-hydrogen) atoms. The molecule has 1 aromatic heterocycles. The monoisotopic (exact) mass is 225 g/mol. The molecule has 0 bridgehead atoms. The molecule has 1 aromatic carbocycles. The lowest BCUT2D eigenvalue weighted by Gasteiger charge is -1.99. The largest absolute Gasteiger partial charge is 0.475 e. The molecular formula is C10H5F2NO3. The molecule has 0 aliphatic rings. The van der Waals surface area contributed by atoms with Gasteiger partial charge in [-0.2, -0.15) is 0 Å². The first kappa shape index (κ1) is 10.3. The number of halogens is 2. The predicted molar refractivity (Wildman–Crippen MR) is 48.8 cm³/mol. The molecule has 2 aromatic rings. The van der Waals surface area contributed by atoms with Crippen molar-refractivity contribution in [2.75, 3.05) is 0 Å². The topological polar surface area (TPSA) is 63.3 Å². The van der Waals surface area contributed by atoms with E-state index in [1.165, 1.54) is 0 Å². The van der Waals surface area contributed by atoms with Crippen LogP contribution in [-0.2, 0) is 0 Å². The number of oxazole rings is 1. The van der Waals surface area contributed by atoms with Gasteiger partial charge < -0.3 is 9.52 Å². The van der Waals surface area contributed by atoms with Gasteiger partial charge in [0.15, 0.2) is 6.39 Å². The second-order valence-electron chi connectivity index (χ2n) is 2.96. The Morgan fingerprint density at radius 1 is 1.38 bits per heavy atom. The van der Waals surface area contributed by atoms with Crippen molar-refractivity contribution in [3.05, 3.63) is 42.0 Å². The normalized spacial score (nSPS) is 10.4. The summed E-state index contributed by atoms with van der Waals surface area (Å²) in [5, 5.41) is 8.73. The maximum atomic E-state index is 13.3. The minimum absolute atomic E-state index is 0.118. The summed E-state index contributed by atoms with van der Waals surface area (Å²) in [7, 11) is 0. The fourth-order valence-corrected chi connectivity index (χ4v) is 1.27. The predicted octanol–water partition coefficient (Wildman–Crippen LogP) is 2.32. The number of hydrogen-bond acceptors (Lipinski definition) is 3. The second kappa shape index (κ2) is 3.73. The number of carbonyl (C=O) groups is 1. The highest BCUT2D eigenvalue weighted by Gasteiger charge is 2.20. The number of hydrogen-bond donors (Lipinski definition) is 1. The van der Waals surface area contributed by atoms with Gasteiger partial charge in [-0.15, -0.1) is 0 Å². The zero-order valence-corrected chi connectivity index (χ0v) is 7.78. The molecule has 0 atom stereocenters. The summed E-state index contributed by atoms with van der Waals surface area (Å²) >= 11 is 0. The Morgan fingerprint density at radius 2 is 2.12 bits per heavy atom. The van der Waals surface area contributed by atoms with Gasteiger partial charge in [0.2, 0.25) is 5.76 Å². The van der Waals surface area contributed by atoms with Gasteiger partial charge in [0.1, 0.15) is 17.3 Å². The highest BCUT2D eigenvalue weighted by atomic mass is 19.1. The summed E-state index contributed by atoms with van der Waals surface area (Å²) in [6.07, 6.45) is 0.890. The Balaban J connectivity index is 2.59. The maximum Gasteiger partial charge on any atom is 0.374 e. The number of aromatic carboxylic acids is 1. The molecule has 0 saturated heterocycles. The quantitative estimate of drug-likeness (QED) is 0.851. The van der Waals surface area contributed by atoms with Gasteiger partial charge in [0, 0.05) is 11.6 Å². The van der Waals surface area contributed by atoms with E-state index in [9.17, 15) is 13.6 Å². The van der Waals surface area contributed by atoms with Gasteiger partial charge in [-0.05, 0) is 12.1 Å². The third kappa shape index (κ3) is 1.65. The van der Waals surface area contributed by atoms with Gasteiger partial charge in [-0.25, -0.2) is 18.6 Å². The molecule has 0 saturated carbocycles. The van der Waals surface area contributed by atoms with Crippen LogP contribution in [0.4, 0.5) is 8.78 Å². The SMILES string of the molecule is O=C(O)c1ocnc1-c1ccc(F)cc1F. The van der Waals surface area contributed by atoms with E-state index in [2.05, 4.69) is 9.40 Å². The fraction of sp³-hybridized carbons (Fsp3) is 0. The highest BCUT2D eigenvalue weighted by Crippen LogP contribution is 2.25. The van der Waals surface area contributed by atoms with Gasteiger partial charge in [-0.1, -0.05) is 0 Å². The number of nitrogens with zero attached hydrogens (tertiary/aromatic N) is 1. The van der Waals surface area contributed by atoms with Gasteiger partial charge in [0.25, 0.3) is 0 Å². The Labute approximate surface area is 88.2 Å². The number of carboxylic acids is 1. The van der Waals surface area contributed by atoms with Crippen LogP contribution in [0.15, 0.2) is 29.0 Å². The molecule has 0 radical (unpaired) electrons. The van der Waals surface area contributed by atoms with E-state index >= 15 is 0 Å². The van der Waals surface area contributed by atoms with Gasteiger partial charge in [0.05, 0.1) is 0 Å². The van der Waals surface area contributed by atoms with E-state index in [1.54, 1.807) is 0 Å². The molecule has 82 valence electrons. The van der Waals surface area contributed by atoms with Crippen molar-refractivity contribution in [1.29, 1.82) is 0 Å². The minimum atomic E-state index is -1.36. The first-order valence-corrected chi connectivity index (χ1v) is 4.22. The summed E-state index contributed by atoms with van der Waals surface area (Å²) in [6, 6.07) is 2.77. The molecule has 6 heteroatoms. The summed E-state index contributed by atoms with van der Waals surface area (Å²) in [5.41, 5.74) is -0.280. The molecule has 0 aliphatic heterocycles. The van der Waals surface area contributed by atoms with E-state index in [1.807, 2.05) is 0 Å². The van der Waals surface area contributed by atoms with Crippen LogP contribution in [0.1, 0.15) is 10.6 Å². The summed E-state index contributed by atoms with van der Waals surface area (Å²) in [6.45, 7) is 0. The molecule has 0 aliphatic carbocycles. The molecule has 0 fully saturated rings. The van der Waals surface area contributed by atoms with Crippen LogP contribution in [0.25, 0.3) is 11.3 Å². The van der Waals surface area contributed by atoms with Crippen LogP contribution in [0.2, 0.25) is 0 Å². The smallest absolute Gasteiger partial charge is 0.374 e. The average molecular weight is 225 g/mol. The number of rotatable bonds is 2. The average Bonchev–Trinajstić information content (AvgIpc) is 2.66. The van der Waals surface area contributed by atoms with E-state index in [4.69, 9.17) is 5.11 Å². The maximum absolute atomic E-state index is 13.3. The summed E-state index contributed by atoms with van der Waals surface area (Å²) in [4.78, 5) is 14.3. The molecule has 4 nitrogen and oxygen atoms in total. The van der Waals surface area contributed by atoms with Crippen LogP contribution in [-0.4, -0.2) is 16.1 Å². The Hall–Kier alpha value is -2.24. The second-order valence-corrected chi connectivity index (χ2v) is 2.96. The van der Waals surface area contributed by atoms with E-state index in [0.717, 1.165) is 18.5 Å². The molecule has 1 N–H and O–H groups in total. The Morgan fingerprint density at radius 3 is 2.75 bits per heavy atom. The van der Waals surface area contributed by atoms with E-state index < -0.39 is 23.4 Å². The zero-order chi connectivity index (χ0) is 11.7. The first-order chi connectivity index (χ1) is 7.59. The standard InChI is InChI=1S/C10H5F2NO3/c11-5-1-2-6(7(12)3-5)8-9(10(14)15)16-4-13-8/h1-4H,(H,14,15). The van der Waals surface area contributed by atoms with Crippen molar-refractivity contribution in [1.82, 2.24) is 4.98 Å². The fourth-order valence-electron chi connectivity index (χ4n) is 1.27. The van der Waals surface area contributed by atoms with E-state index in [0.29, 0.717) is 6.07 Å².